The van der Waals surface area contributed by atoms with Crippen LogP contribution < -0.4 is 5.43 Å². The first-order valence-electron chi connectivity index (χ1n) is 4.90. The van der Waals surface area contributed by atoms with Crippen molar-refractivity contribution in [1.82, 2.24) is 4.57 Å². The lowest BCUT2D eigenvalue weighted by atomic mass is 10.4. The monoisotopic (exact) mass is 229 g/mol. The maximum Gasteiger partial charge on any atom is 0.181 e. The second kappa shape index (κ2) is 5.11. The summed E-state index contributed by atoms with van der Waals surface area (Å²) in [6, 6.07) is 2.93. The van der Waals surface area contributed by atoms with Gasteiger partial charge in [-0.2, -0.15) is 0 Å². The molecule has 0 aromatic carbocycles. The van der Waals surface area contributed by atoms with E-state index in [0.717, 1.165) is 0 Å². The number of rotatable bonds is 5. The van der Waals surface area contributed by atoms with E-state index in [1.54, 1.807) is 19.3 Å². The van der Waals surface area contributed by atoms with Gasteiger partial charge in [0, 0.05) is 36.8 Å². The van der Waals surface area contributed by atoms with Gasteiger partial charge in [0.15, 0.2) is 5.43 Å². The summed E-state index contributed by atoms with van der Waals surface area (Å²) in [5.74, 6) is 0.396. The second-order valence-electron chi connectivity index (χ2n) is 3.36. The van der Waals surface area contributed by atoms with Crippen LogP contribution in [0.25, 0.3) is 0 Å². The molecule has 0 spiro atoms. The van der Waals surface area contributed by atoms with E-state index in [1.165, 1.54) is 12.1 Å². The van der Waals surface area contributed by atoms with E-state index in [0.29, 0.717) is 13.0 Å². The van der Waals surface area contributed by atoms with Crippen LogP contribution in [0.3, 0.4) is 0 Å². The summed E-state index contributed by atoms with van der Waals surface area (Å²) in [6.07, 6.45) is 3.92. The molecule has 0 N–H and O–H groups in total. The van der Waals surface area contributed by atoms with Crippen LogP contribution in [0.1, 0.15) is 13.3 Å². The third-order valence-electron chi connectivity index (χ3n) is 2.17. The maximum atomic E-state index is 11.2. The zero-order valence-electron chi connectivity index (χ0n) is 8.72. The van der Waals surface area contributed by atoms with Gasteiger partial charge < -0.3 is 4.57 Å². The first-order valence-corrected chi connectivity index (χ1v) is 6.72. The van der Waals surface area contributed by atoms with Crippen LogP contribution in [-0.4, -0.2) is 24.5 Å². The molecule has 5 heteroatoms. The van der Waals surface area contributed by atoms with Gasteiger partial charge in [-0.1, -0.05) is 6.92 Å². The summed E-state index contributed by atoms with van der Waals surface area (Å²) < 4.78 is 24.2. The molecule has 1 aromatic rings. The van der Waals surface area contributed by atoms with Crippen molar-refractivity contribution in [3.8, 4) is 0 Å². The van der Waals surface area contributed by atoms with E-state index in [1.807, 2.05) is 4.57 Å². The highest BCUT2D eigenvalue weighted by Crippen LogP contribution is 1.96. The molecule has 84 valence electrons. The Morgan fingerprint density at radius 1 is 1.27 bits per heavy atom. The average Bonchev–Trinajstić information content (AvgIpc) is 2.21. The number of sulfone groups is 1. The number of nitrogens with zero attached hydrogens (tertiary/aromatic N) is 1. The van der Waals surface area contributed by atoms with Gasteiger partial charge in [0.1, 0.15) is 9.84 Å². The number of aromatic nitrogens is 1. The maximum absolute atomic E-state index is 11.2. The van der Waals surface area contributed by atoms with Gasteiger partial charge in [0.2, 0.25) is 0 Å². The number of hydrogen-bond acceptors (Lipinski definition) is 3. The van der Waals surface area contributed by atoms with Gasteiger partial charge >= 0.3 is 0 Å². The highest BCUT2D eigenvalue weighted by atomic mass is 32.2. The fourth-order valence-electron chi connectivity index (χ4n) is 1.20. The van der Waals surface area contributed by atoms with Crippen molar-refractivity contribution in [3.63, 3.8) is 0 Å². The Labute approximate surface area is 89.5 Å². The Bertz CT molecular complexity index is 441. The predicted octanol–water partition coefficient (Wildman–Crippen LogP) is 0.673. The minimum Gasteiger partial charge on any atom is -0.354 e. The summed E-state index contributed by atoms with van der Waals surface area (Å²) >= 11 is 0. The molecular weight excluding hydrogens is 214 g/mol. The molecule has 15 heavy (non-hydrogen) atoms. The molecule has 0 aliphatic heterocycles. The first kappa shape index (κ1) is 12.0. The van der Waals surface area contributed by atoms with Crippen LogP contribution in [0, 0.1) is 0 Å². The highest BCUT2D eigenvalue weighted by molar-refractivity contribution is 7.91. The predicted molar refractivity (Wildman–Crippen MR) is 59.6 cm³/mol. The molecule has 0 radical (unpaired) electrons. The lowest BCUT2D eigenvalue weighted by Crippen LogP contribution is -2.12. The quantitative estimate of drug-likeness (QED) is 0.745. The third-order valence-corrected chi connectivity index (χ3v) is 3.96. The van der Waals surface area contributed by atoms with Gasteiger partial charge in [0.25, 0.3) is 0 Å². The molecule has 0 fully saturated rings. The largest absolute Gasteiger partial charge is 0.354 e. The van der Waals surface area contributed by atoms with Gasteiger partial charge in [-0.25, -0.2) is 8.42 Å². The van der Waals surface area contributed by atoms with Crippen molar-refractivity contribution in [2.45, 2.75) is 19.9 Å². The Morgan fingerprint density at radius 2 is 1.87 bits per heavy atom. The van der Waals surface area contributed by atoms with Crippen molar-refractivity contribution in [3.05, 3.63) is 34.7 Å². The lowest BCUT2D eigenvalue weighted by Gasteiger charge is -2.05. The molecule has 0 aliphatic carbocycles. The van der Waals surface area contributed by atoms with Crippen LogP contribution in [-0.2, 0) is 16.4 Å². The van der Waals surface area contributed by atoms with Crippen LogP contribution in [0.5, 0.6) is 0 Å². The smallest absolute Gasteiger partial charge is 0.181 e. The molecule has 0 atom stereocenters. The molecule has 1 heterocycles. The Kier molecular flexibility index (Phi) is 4.08. The van der Waals surface area contributed by atoms with Gasteiger partial charge in [0.05, 0.1) is 5.75 Å². The van der Waals surface area contributed by atoms with E-state index >= 15 is 0 Å². The molecule has 4 nitrogen and oxygen atoms in total. The minimum absolute atomic E-state index is 0.0348. The third kappa shape index (κ3) is 4.29. The average molecular weight is 229 g/mol. The molecule has 0 saturated heterocycles. The summed E-state index contributed by atoms with van der Waals surface area (Å²) in [6.45, 7) is 2.27. The van der Waals surface area contributed by atoms with Crippen molar-refractivity contribution in [2.75, 3.05) is 11.5 Å². The van der Waals surface area contributed by atoms with Gasteiger partial charge in [-0.05, 0) is 6.42 Å². The molecule has 0 amide bonds. The van der Waals surface area contributed by atoms with Gasteiger partial charge in [-0.15, -0.1) is 0 Å². The SMILES string of the molecule is CCS(=O)(=O)CCCn1ccc(=O)cc1. The zero-order valence-corrected chi connectivity index (χ0v) is 9.53. The van der Waals surface area contributed by atoms with Crippen LogP contribution in [0.15, 0.2) is 29.3 Å². The highest BCUT2D eigenvalue weighted by Gasteiger charge is 2.05. The summed E-state index contributed by atoms with van der Waals surface area (Å²) in [5.41, 5.74) is -0.0348. The first-order chi connectivity index (χ1) is 7.03. The summed E-state index contributed by atoms with van der Waals surface area (Å²) in [5, 5.41) is 0. The van der Waals surface area contributed by atoms with Gasteiger partial charge in [-0.3, -0.25) is 4.79 Å². The molecule has 0 bridgehead atoms. The lowest BCUT2D eigenvalue weighted by molar-refractivity contribution is 0.587. The number of pyridine rings is 1. The van der Waals surface area contributed by atoms with E-state index in [4.69, 9.17) is 0 Å². The fourth-order valence-corrected chi connectivity index (χ4v) is 2.06. The second-order valence-corrected chi connectivity index (χ2v) is 5.83. The standard InChI is InChI=1S/C10H15NO3S/c1-2-15(13,14)9-3-6-11-7-4-10(12)5-8-11/h4-5,7-8H,2-3,6,9H2,1H3. The van der Waals surface area contributed by atoms with Crippen molar-refractivity contribution >= 4 is 9.84 Å². The topological polar surface area (TPSA) is 56.1 Å². The summed E-state index contributed by atoms with van der Waals surface area (Å²) in [7, 11) is -2.87. The fraction of sp³-hybridized carbons (Fsp3) is 0.500. The Hall–Kier alpha value is -1.10. The Balaban J connectivity index is 2.45. The molecule has 0 saturated carbocycles. The molecule has 0 unspecified atom stereocenters. The van der Waals surface area contributed by atoms with Crippen LogP contribution in [0.2, 0.25) is 0 Å². The molecule has 1 aromatic heterocycles. The number of aryl methyl sites for hydroxylation is 1. The number of hydrogen-bond donors (Lipinski definition) is 0. The zero-order chi connectivity index (χ0) is 11.3. The van der Waals surface area contributed by atoms with E-state index < -0.39 is 9.84 Å². The van der Waals surface area contributed by atoms with Crippen molar-refractivity contribution in [1.29, 1.82) is 0 Å². The van der Waals surface area contributed by atoms with E-state index in [9.17, 15) is 13.2 Å². The van der Waals surface area contributed by atoms with Crippen LogP contribution >= 0.6 is 0 Å². The molecular formula is C10H15NO3S. The normalized spacial score (nSPS) is 11.5. The molecule has 1 rings (SSSR count). The summed E-state index contributed by atoms with van der Waals surface area (Å²) in [4.78, 5) is 10.8. The van der Waals surface area contributed by atoms with Crippen LogP contribution in [0.4, 0.5) is 0 Å². The van der Waals surface area contributed by atoms with Crippen molar-refractivity contribution < 1.29 is 8.42 Å². The minimum atomic E-state index is -2.87. The van der Waals surface area contributed by atoms with E-state index in [2.05, 4.69) is 0 Å². The van der Waals surface area contributed by atoms with Crippen molar-refractivity contribution in [2.24, 2.45) is 0 Å². The Morgan fingerprint density at radius 3 is 2.40 bits per heavy atom. The van der Waals surface area contributed by atoms with E-state index in [-0.39, 0.29) is 16.9 Å². The molecule has 0 aliphatic rings.